The average molecular weight is 432 g/mol. The summed E-state index contributed by atoms with van der Waals surface area (Å²) in [4.78, 5) is 14.8. The largest absolute Gasteiger partial charge is 0.493 e. The predicted octanol–water partition coefficient (Wildman–Crippen LogP) is 5.56. The molecule has 5 heteroatoms. The molecule has 0 aromatic heterocycles. The van der Waals surface area contributed by atoms with Crippen LogP contribution in [0.4, 0.5) is 0 Å². The fourth-order valence-electron chi connectivity index (χ4n) is 3.49. The van der Waals surface area contributed by atoms with E-state index in [2.05, 4.69) is 0 Å². The van der Waals surface area contributed by atoms with E-state index in [1.807, 2.05) is 89.8 Å². The minimum absolute atomic E-state index is 0.0152. The molecule has 1 unspecified atom stereocenters. The van der Waals surface area contributed by atoms with Crippen molar-refractivity contribution in [2.24, 2.45) is 0 Å². The van der Waals surface area contributed by atoms with E-state index in [0.717, 1.165) is 29.0 Å². The summed E-state index contributed by atoms with van der Waals surface area (Å²) in [6, 6.07) is 25.8. The zero-order valence-corrected chi connectivity index (χ0v) is 18.3. The van der Waals surface area contributed by atoms with Crippen LogP contribution in [0, 0.1) is 0 Å². The minimum atomic E-state index is -0.0436. The van der Waals surface area contributed by atoms with Crippen LogP contribution in [-0.2, 0) is 11.4 Å². The molecule has 1 amide bonds. The maximum absolute atomic E-state index is 12.9. The molecule has 3 aromatic rings. The van der Waals surface area contributed by atoms with Crippen molar-refractivity contribution in [3.63, 3.8) is 0 Å². The third-order valence-electron chi connectivity index (χ3n) is 5.10. The van der Waals surface area contributed by atoms with Gasteiger partial charge in [0.05, 0.1) is 7.11 Å². The van der Waals surface area contributed by atoms with Gasteiger partial charge in [0.15, 0.2) is 11.5 Å². The second-order valence-corrected chi connectivity index (χ2v) is 8.37. The zero-order chi connectivity index (χ0) is 21.5. The number of rotatable bonds is 7. The van der Waals surface area contributed by atoms with Gasteiger partial charge >= 0.3 is 0 Å². The zero-order valence-electron chi connectivity index (χ0n) is 17.4. The summed E-state index contributed by atoms with van der Waals surface area (Å²) in [5, 5.41) is -0.0436. The molecular weight excluding hydrogens is 406 g/mol. The van der Waals surface area contributed by atoms with E-state index in [9.17, 15) is 4.79 Å². The number of amides is 1. The summed E-state index contributed by atoms with van der Waals surface area (Å²) in [5.41, 5.74) is 3.14. The molecule has 0 bridgehead atoms. The number of ether oxygens (including phenoxy) is 2. The van der Waals surface area contributed by atoms with Crippen molar-refractivity contribution in [1.29, 1.82) is 0 Å². The lowest BCUT2D eigenvalue weighted by Gasteiger charge is -2.24. The molecule has 0 N–H and O–H groups in total. The third kappa shape index (κ3) is 5.30. The molecule has 0 aliphatic carbocycles. The smallest absolute Gasteiger partial charge is 0.247 e. The topological polar surface area (TPSA) is 38.8 Å². The molecular formula is C26H25NO3S. The molecule has 1 aliphatic heterocycles. The standard InChI is InChI=1S/C26H25NO3S/c1-29-23-14-13-22(18-24(23)30-19-21-10-6-3-7-11-21)26-27(16-17-31-26)25(28)15-12-20-8-4-2-5-9-20/h2-15,18,26H,16-17,19H2,1H3. The number of carbonyl (C=O) groups excluding carboxylic acids is 1. The van der Waals surface area contributed by atoms with Gasteiger partial charge in [-0.1, -0.05) is 66.7 Å². The van der Waals surface area contributed by atoms with E-state index >= 15 is 0 Å². The maximum Gasteiger partial charge on any atom is 0.247 e. The Morgan fingerprint density at radius 2 is 1.77 bits per heavy atom. The molecule has 0 radical (unpaired) electrons. The third-order valence-corrected chi connectivity index (χ3v) is 6.36. The summed E-state index contributed by atoms with van der Waals surface area (Å²) in [6.07, 6.45) is 3.52. The molecule has 0 spiro atoms. The highest BCUT2D eigenvalue weighted by Crippen LogP contribution is 2.41. The number of thioether (sulfide) groups is 1. The Bertz CT molecular complexity index is 1040. The van der Waals surface area contributed by atoms with Crippen LogP contribution in [0.1, 0.15) is 22.1 Å². The first kappa shape index (κ1) is 21.1. The average Bonchev–Trinajstić information content (AvgIpc) is 3.32. The van der Waals surface area contributed by atoms with Crippen LogP contribution in [0.2, 0.25) is 0 Å². The summed E-state index contributed by atoms with van der Waals surface area (Å²) in [6.45, 7) is 1.18. The summed E-state index contributed by atoms with van der Waals surface area (Å²) < 4.78 is 11.6. The second-order valence-electron chi connectivity index (χ2n) is 7.18. The molecule has 1 saturated heterocycles. The van der Waals surface area contributed by atoms with E-state index < -0.39 is 0 Å². The molecule has 4 nitrogen and oxygen atoms in total. The van der Waals surface area contributed by atoms with Crippen LogP contribution in [-0.4, -0.2) is 30.2 Å². The fraction of sp³-hybridized carbons (Fsp3) is 0.192. The van der Waals surface area contributed by atoms with Crippen LogP contribution in [0.5, 0.6) is 11.5 Å². The molecule has 1 fully saturated rings. The number of methoxy groups -OCH3 is 1. The van der Waals surface area contributed by atoms with Crippen molar-refractivity contribution in [2.75, 3.05) is 19.4 Å². The number of carbonyl (C=O) groups is 1. The van der Waals surface area contributed by atoms with Gasteiger partial charge in [-0.25, -0.2) is 0 Å². The molecule has 158 valence electrons. The molecule has 1 atom stereocenters. The van der Waals surface area contributed by atoms with E-state index in [0.29, 0.717) is 18.1 Å². The van der Waals surface area contributed by atoms with Gasteiger partial charge in [0.25, 0.3) is 0 Å². The van der Waals surface area contributed by atoms with Crippen LogP contribution < -0.4 is 9.47 Å². The SMILES string of the molecule is COc1ccc(C2SCCN2C(=O)C=Cc2ccccc2)cc1OCc1ccccc1. The highest BCUT2D eigenvalue weighted by Gasteiger charge is 2.30. The summed E-state index contributed by atoms with van der Waals surface area (Å²) in [7, 11) is 1.64. The lowest BCUT2D eigenvalue weighted by molar-refractivity contribution is -0.126. The Kier molecular flexibility index (Phi) is 6.95. The van der Waals surface area contributed by atoms with Gasteiger partial charge in [-0.3, -0.25) is 4.79 Å². The Balaban J connectivity index is 1.50. The van der Waals surface area contributed by atoms with Crippen LogP contribution in [0.3, 0.4) is 0 Å². The Morgan fingerprint density at radius 1 is 1.03 bits per heavy atom. The van der Waals surface area contributed by atoms with Crippen molar-refractivity contribution in [3.8, 4) is 11.5 Å². The molecule has 1 heterocycles. The summed E-state index contributed by atoms with van der Waals surface area (Å²) >= 11 is 1.77. The van der Waals surface area contributed by atoms with Gasteiger partial charge in [0, 0.05) is 18.4 Å². The van der Waals surface area contributed by atoms with E-state index in [1.165, 1.54) is 0 Å². The molecule has 31 heavy (non-hydrogen) atoms. The Morgan fingerprint density at radius 3 is 2.52 bits per heavy atom. The van der Waals surface area contributed by atoms with E-state index in [4.69, 9.17) is 9.47 Å². The number of hydrogen-bond donors (Lipinski definition) is 0. The minimum Gasteiger partial charge on any atom is -0.493 e. The monoisotopic (exact) mass is 431 g/mol. The first-order chi connectivity index (χ1) is 15.2. The van der Waals surface area contributed by atoms with Gasteiger partial charge in [-0.2, -0.15) is 0 Å². The summed E-state index contributed by atoms with van der Waals surface area (Å²) in [5.74, 6) is 2.29. The molecule has 0 saturated carbocycles. The van der Waals surface area contributed by atoms with Crippen molar-refractivity contribution >= 4 is 23.7 Å². The van der Waals surface area contributed by atoms with Gasteiger partial charge < -0.3 is 14.4 Å². The van der Waals surface area contributed by atoms with Crippen LogP contribution in [0.25, 0.3) is 6.08 Å². The quantitative estimate of drug-likeness (QED) is 0.459. The van der Waals surface area contributed by atoms with Crippen molar-refractivity contribution < 1.29 is 14.3 Å². The highest BCUT2D eigenvalue weighted by atomic mass is 32.2. The molecule has 1 aliphatic rings. The molecule has 3 aromatic carbocycles. The predicted molar refractivity (Wildman–Crippen MR) is 126 cm³/mol. The normalized spacial score (nSPS) is 15.9. The Labute approximate surface area is 187 Å². The lowest BCUT2D eigenvalue weighted by atomic mass is 10.1. The van der Waals surface area contributed by atoms with Gasteiger partial charge in [0.1, 0.15) is 12.0 Å². The van der Waals surface area contributed by atoms with Gasteiger partial charge in [-0.05, 0) is 34.9 Å². The van der Waals surface area contributed by atoms with Crippen molar-refractivity contribution in [1.82, 2.24) is 4.90 Å². The highest BCUT2D eigenvalue weighted by molar-refractivity contribution is 7.99. The first-order valence-corrected chi connectivity index (χ1v) is 11.3. The number of nitrogens with zero attached hydrogens (tertiary/aromatic N) is 1. The first-order valence-electron chi connectivity index (χ1n) is 10.2. The lowest BCUT2D eigenvalue weighted by Crippen LogP contribution is -2.28. The van der Waals surface area contributed by atoms with Gasteiger partial charge in [-0.15, -0.1) is 11.8 Å². The second kappa shape index (κ2) is 10.2. The number of hydrogen-bond acceptors (Lipinski definition) is 4. The Hall–Kier alpha value is -3.18. The molecule has 4 rings (SSSR count). The van der Waals surface area contributed by atoms with Crippen LogP contribution >= 0.6 is 11.8 Å². The number of benzene rings is 3. The van der Waals surface area contributed by atoms with E-state index in [-0.39, 0.29) is 11.3 Å². The van der Waals surface area contributed by atoms with Crippen molar-refractivity contribution in [3.05, 3.63) is 102 Å². The fourth-order valence-corrected chi connectivity index (χ4v) is 4.75. The van der Waals surface area contributed by atoms with E-state index in [1.54, 1.807) is 24.9 Å². The van der Waals surface area contributed by atoms with Gasteiger partial charge in [0.2, 0.25) is 5.91 Å². The van der Waals surface area contributed by atoms with Crippen LogP contribution in [0.15, 0.2) is 84.9 Å². The maximum atomic E-state index is 12.9. The van der Waals surface area contributed by atoms with Crippen molar-refractivity contribution in [2.45, 2.75) is 12.0 Å².